The van der Waals surface area contributed by atoms with E-state index in [9.17, 15) is 4.79 Å². The summed E-state index contributed by atoms with van der Waals surface area (Å²) in [6.45, 7) is 4.34. The van der Waals surface area contributed by atoms with E-state index in [2.05, 4.69) is 10.3 Å². The molecule has 0 saturated heterocycles. The zero-order valence-corrected chi connectivity index (χ0v) is 9.65. The molecule has 88 valence electrons. The molecular weight excluding hydrogens is 208 g/mol. The van der Waals surface area contributed by atoms with E-state index in [4.69, 9.17) is 9.84 Å². The zero-order valence-electron chi connectivity index (χ0n) is 9.65. The van der Waals surface area contributed by atoms with Gasteiger partial charge in [-0.05, 0) is 26.0 Å². The molecule has 1 aromatic rings. The van der Waals surface area contributed by atoms with E-state index in [-0.39, 0.29) is 11.3 Å². The van der Waals surface area contributed by atoms with Crippen LogP contribution in [0.5, 0.6) is 0 Å². The summed E-state index contributed by atoms with van der Waals surface area (Å²) in [5, 5.41) is 11.9. The van der Waals surface area contributed by atoms with E-state index >= 15 is 0 Å². The summed E-state index contributed by atoms with van der Waals surface area (Å²) in [5.41, 5.74) is 0.167. The average Bonchev–Trinajstić information content (AvgIpc) is 2.27. The van der Waals surface area contributed by atoms with E-state index in [0.717, 1.165) is 0 Å². The van der Waals surface area contributed by atoms with Crippen LogP contribution in [0.2, 0.25) is 0 Å². The Kier molecular flexibility index (Phi) is 3.84. The Labute approximate surface area is 94.5 Å². The zero-order chi connectivity index (χ0) is 12.2. The molecule has 0 unspecified atom stereocenters. The van der Waals surface area contributed by atoms with Crippen LogP contribution in [0.3, 0.4) is 0 Å². The Morgan fingerprint density at radius 1 is 1.62 bits per heavy atom. The van der Waals surface area contributed by atoms with Gasteiger partial charge in [0.2, 0.25) is 0 Å². The first-order valence-corrected chi connectivity index (χ1v) is 4.93. The molecule has 1 aromatic heterocycles. The highest BCUT2D eigenvalue weighted by atomic mass is 16.5. The molecule has 0 bridgehead atoms. The van der Waals surface area contributed by atoms with Crippen LogP contribution in [0.1, 0.15) is 24.3 Å². The molecule has 0 aliphatic carbocycles. The first kappa shape index (κ1) is 12.4. The van der Waals surface area contributed by atoms with Crippen molar-refractivity contribution >= 4 is 11.7 Å². The van der Waals surface area contributed by atoms with E-state index in [1.165, 1.54) is 6.20 Å². The number of aromatic nitrogens is 1. The lowest BCUT2D eigenvalue weighted by atomic mass is 10.1. The summed E-state index contributed by atoms with van der Waals surface area (Å²) in [5.74, 6) is -1.04. The smallest absolute Gasteiger partial charge is 0.356 e. The second kappa shape index (κ2) is 4.94. The molecule has 0 radical (unpaired) electrons. The van der Waals surface area contributed by atoms with Crippen molar-refractivity contribution in [2.45, 2.75) is 19.4 Å². The normalized spacial score (nSPS) is 11.2. The summed E-state index contributed by atoms with van der Waals surface area (Å²) in [6, 6.07) is 3.37. The van der Waals surface area contributed by atoms with Crippen molar-refractivity contribution < 1.29 is 14.6 Å². The van der Waals surface area contributed by atoms with E-state index in [1.54, 1.807) is 19.2 Å². The number of nitrogens with zero attached hydrogens (tertiary/aromatic N) is 1. The number of methoxy groups -OCH3 is 1. The van der Waals surface area contributed by atoms with Gasteiger partial charge in [-0.1, -0.05) is 0 Å². The third-order valence-electron chi connectivity index (χ3n) is 2.27. The fourth-order valence-corrected chi connectivity index (χ4v) is 1.10. The van der Waals surface area contributed by atoms with E-state index in [1.807, 2.05) is 13.8 Å². The van der Waals surface area contributed by atoms with Crippen molar-refractivity contribution in [2.75, 3.05) is 19.0 Å². The number of carboxylic acids is 1. The topological polar surface area (TPSA) is 71.5 Å². The van der Waals surface area contributed by atoms with Crippen LogP contribution in [0.4, 0.5) is 5.69 Å². The fraction of sp³-hybridized carbons (Fsp3) is 0.455. The minimum atomic E-state index is -1.04. The van der Waals surface area contributed by atoms with Gasteiger partial charge in [0.25, 0.3) is 0 Å². The Bertz CT molecular complexity index is 377. The summed E-state index contributed by atoms with van der Waals surface area (Å²) < 4.78 is 5.23. The predicted octanol–water partition coefficient (Wildman–Crippen LogP) is 1.62. The van der Waals surface area contributed by atoms with Crippen molar-refractivity contribution in [2.24, 2.45) is 0 Å². The van der Waals surface area contributed by atoms with Crippen LogP contribution in [0.25, 0.3) is 0 Å². The number of hydrogen-bond acceptors (Lipinski definition) is 4. The number of aromatic carboxylic acids is 1. The summed E-state index contributed by atoms with van der Waals surface area (Å²) in [7, 11) is 1.61. The van der Waals surface area contributed by atoms with Crippen LogP contribution in [-0.2, 0) is 4.74 Å². The average molecular weight is 224 g/mol. The number of nitrogens with one attached hydrogen (secondary N) is 1. The van der Waals surface area contributed by atoms with E-state index in [0.29, 0.717) is 12.2 Å². The molecule has 2 N–H and O–H groups in total. The highest BCUT2D eigenvalue weighted by molar-refractivity contribution is 5.91. The molecule has 0 fully saturated rings. The second-order valence-electron chi connectivity index (χ2n) is 4.02. The number of carbonyl (C=O) groups is 1. The van der Waals surface area contributed by atoms with Crippen molar-refractivity contribution in [1.82, 2.24) is 4.98 Å². The van der Waals surface area contributed by atoms with Gasteiger partial charge in [-0.15, -0.1) is 0 Å². The third-order valence-corrected chi connectivity index (χ3v) is 2.27. The number of ether oxygens (including phenoxy) is 1. The van der Waals surface area contributed by atoms with Gasteiger partial charge in [0.15, 0.2) is 5.69 Å². The molecule has 1 heterocycles. The lowest BCUT2D eigenvalue weighted by Crippen LogP contribution is -2.32. The molecule has 0 aromatic carbocycles. The van der Waals surface area contributed by atoms with Gasteiger partial charge >= 0.3 is 5.97 Å². The van der Waals surface area contributed by atoms with Gasteiger partial charge < -0.3 is 15.2 Å². The Hall–Kier alpha value is -1.62. The van der Waals surface area contributed by atoms with Crippen LogP contribution < -0.4 is 5.32 Å². The molecule has 0 spiro atoms. The lowest BCUT2D eigenvalue weighted by molar-refractivity contribution is 0.0343. The van der Waals surface area contributed by atoms with Gasteiger partial charge in [0.05, 0.1) is 11.3 Å². The molecule has 0 atom stereocenters. The Balaban J connectivity index is 2.78. The van der Waals surface area contributed by atoms with Gasteiger partial charge in [-0.2, -0.15) is 0 Å². The van der Waals surface area contributed by atoms with E-state index < -0.39 is 5.97 Å². The van der Waals surface area contributed by atoms with Crippen molar-refractivity contribution in [3.8, 4) is 0 Å². The highest BCUT2D eigenvalue weighted by Gasteiger charge is 2.18. The molecule has 0 aliphatic heterocycles. The van der Waals surface area contributed by atoms with Crippen LogP contribution in [-0.4, -0.2) is 35.3 Å². The number of anilines is 1. The van der Waals surface area contributed by atoms with Crippen molar-refractivity contribution in [1.29, 1.82) is 0 Å². The molecule has 5 nitrogen and oxygen atoms in total. The number of rotatable bonds is 5. The maximum atomic E-state index is 10.9. The van der Waals surface area contributed by atoms with Crippen LogP contribution in [0.15, 0.2) is 18.3 Å². The molecular formula is C11H16N2O3. The summed E-state index contributed by atoms with van der Waals surface area (Å²) >= 11 is 0. The Morgan fingerprint density at radius 3 is 2.88 bits per heavy atom. The number of carboxylic acid groups (broad SMARTS) is 1. The van der Waals surface area contributed by atoms with Gasteiger partial charge in [-0.3, -0.25) is 0 Å². The third kappa shape index (κ3) is 3.20. The molecule has 1 rings (SSSR count). The molecule has 16 heavy (non-hydrogen) atoms. The molecule has 0 saturated carbocycles. The highest BCUT2D eigenvalue weighted by Crippen LogP contribution is 2.15. The SMILES string of the molecule is COC(C)(C)CNc1cccnc1C(=O)O. The first-order valence-electron chi connectivity index (χ1n) is 4.93. The van der Waals surface area contributed by atoms with Crippen molar-refractivity contribution in [3.63, 3.8) is 0 Å². The first-order chi connectivity index (χ1) is 7.46. The minimum absolute atomic E-state index is 0.0226. The van der Waals surface area contributed by atoms with Gasteiger partial charge in [0.1, 0.15) is 0 Å². The Morgan fingerprint density at radius 2 is 2.31 bits per heavy atom. The van der Waals surface area contributed by atoms with Gasteiger partial charge in [-0.25, -0.2) is 9.78 Å². The van der Waals surface area contributed by atoms with Crippen molar-refractivity contribution in [3.05, 3.63) is 24.0 Å². The maximum absolute atomic E-state index is 10.9. The lowest BCUT2D eigenvalue weighted by Gasteiger charge is -2.24. The predicted molar refractivity (Wildman–Crippen MR) is 60.8 cm³/mol. The number of pyridine rings is 1. The summed E-state index contributed by atoms with van der Waals surface area (Å²) in [4.78, 5) is 14.7. The fourth-order valence-electron chi connectivity index (χ4n) is 1.10. The number of hydrogen-bond donors (Lipinski definition) is 2. The van der Waals surface area contributed by atoms with Crippen LogP contribution in [0, 0.1) is 0 Å². The minimum Gasteiger partial charge on any atom is -0.476 e. The standard InChI is InChI=1S/C11H16N2O3/c1-11(2,16-3)7-13-8-5-4-6-12-9(8)10(14)15/h4-6,13H,7H2,1-3H3,(H,14,15). The molecule has 0 amide bonds. The largest absolute Gasteiger partial charge is 0.476 e. The quantitative estimate of drug-likeness (QED) is 0.795. The molecule has 5 heteroatoms. The van der Waals surface area contributed by atoms with Gasteiger partial charge in [0, 0.05) is 19.9 Å². The van der Waals surface area contributed by atoms with Crippen LogP contribution >= 0.6 is 0 Å². The second-order valence-corrected chi connectivity index (χ2v) is 4.02. The molecule has 0 aliphatic rings. The maximum Gasteiger partial charge on any atom is 0.356 e. The summed E-state index contributed by atoms with van der Waals surface area (Å²) in [6.07, 6.45) is 1.45. The monoisotopic (exact) mass is 224 g/mol.